The van der Waals surface area contributed by atoms with Gasteiger partial charge in [-0.3, -0.25) is 4.79 Å². The third-order valence-corrected chi connectivity index (χ3v) is 3.18. The van der Waals surface area contributed by atoms with Gasteiger partial charge in [-0.05, 0) is 36.8 Å². The summed E-state index contributed by atoms with van der Waals surface area (Å²) in [6.07, 6.45) is 0. The van der Waals surface area contributed by atoms with Gasteiger partial charge in [-0.1, -0.05) is 23.7 Å². The van der Waals surface area contributed by atoms with Crippen LogP contribution in [0.4, 0.5) is 5.69 Å². The highest BCUT2D eigenvalue weighted by atomic mass is 35.5. The zero-order valence-electron chi connectivity index (χ0n) is 10.7. The lowest BCUT2D eigenvalue weighted by Gasteiger charge is -2.09. The van der Waals surface area contributed by atoms with Crippen LogP contribution < -0.4 is 10.5 Å². The average Bonchev–Trinajstić information content (AvgIpc) is 2.41. The average molecular weight is 276 g/mol. The molecule has 3 nitrogen and oxygen atoms in total. The van der Waals surface area contributed by atoms with Crippen molar-refractivity contribution in [1.29, 1.82) is 0 Å². The van der Waals surface area contributed by atoms with E-state index in [0.717, 1.165) is 5.56 Å². The maximum absolute atomic E-state index is 12.4. The fraction of sp³-hybridized carbons (Fsp3) is 0.133. The van der Waals surface area contributed by atoms with E-state index < -0.39 is 0 Å². The van der Waals surface area contributed by atoms with E-state index in [1.807, 2.05) is 13.0 Å². The number of nitrogen functional groups attached to an aromatic ring is 1. The van der Waals surface area contributed by atoms with Crippen molar-refractivity contribution in [3.8, 4) is 5.75 Å². The van der Waals surface area contributed by atoms with E-state index in [-0.39, 0.29) is 5.78 Å². The van der Waals surface area contributed by atoms with Gasteiger partial charge in [0.05, 0.1) is 12.7 Å². The van der Waals surface area contributed by atoms with Gasteiger partial charge in [-0.15, -0.1) is 0 Å². The number of hydrogen-bond donors (Lipinski definition) is 1. The first-order chi connectivity index (χ1) is 9.02. The molecule has 0 aliphatic carbocycles. The van der Waals surface area contributed by atoms with Crippen molar-refractivity contribution in [3.63, 3.8) is 0 Å². The van der Waals surface area contributed by atoms with Crippen molar-refractivity contribution in [1.82, 2.24) is 0 Å². The number of carbonyl (C=O) groups is 1. The van der Waals surface area contributed by atoms with Crippen LogP contribution in [0.5, 0.6) is 5.75 Å². The summed E-state index contributed by atoms with van der Waals surface area (Å²) in [7, 11) is 1.52. The number of benzene rings is 2. The van der Waals surface area contributed by atoms with Crippen LogP contribution in [-0.2, 0) is 0 Å². The second-order valence-electron chi connectivity index (χ2n) is 4.25. The quantitative estimate of drug-likeness (QED) is 0.689. The Morgan fingerprint density at radius 2 is 1.95 bits per heavy atom. The predicted octanol–water partition coefficient (Wildman–Crippen LogP) is 3.47. The Balaban J connectivity index is 2.49. The van der Waals surface area contributed by atoms with E-state index >= 15 is 0 Å². The summed E-state index contributed by atoms with van der Waals surface area (Å²) in [5, 5.41) is 0.490. The molecule has 2 rings (SSSR count). The molecule has 2 aromatic rings. The molecule has 0 unspecified atom stereocenters. The van der Waals surface area contributed by atoms with Gasteiger partial charge in [0.1, 0.15) is 5.75 Å². The third-order valence-electron chi connectivity index (χ3n) is 2.95. The van der Waals surface area contributed by atoms with Gasteiger partial charge in [0.2, 0.25) is 0 Å². The molecule has 2 N–H and O–H groups in total. The van der Waals surface area contributed by atoms with E-state index in [0.29, 0.717) is 27.6 Å². The van der Waals surface area contributed by atoms with Gasteiger partial charge < -0.3 is 10.5 Å². The first-order valence-electron chi connectivity index (χ1n) is 5.77. The van der Waals surface area contributed by atoms with Crippen molar-refractivity contribution < 1.29 is 9.53 Å². The standard InChI is InChI=1S/C15H14ClNO2/c1-9-3-4-10(7-13(9)17)15(18)12-8-11(16)5-6-14(12)19-2/h3-8H,17H2,1-2H3. The lowest BCUT2D eigenvalue weighted by molar-refractivity contribution is 0.103. The maximum Gasteiger partial charge on any atom is 0.196 e. The van der Waals surface area contributed by atoms with Gasteiger partial charge in [0, 0.05) is 16.3 Å². The zero-order chi connectivity index (χ0) is 14.0. The van der Waals surface area contributed by atoms with E-state index in [1.54, 1.807) is 30.3 Å². The van der Waals surface area contributed by atoms with Crippen molar-refractivity contribution in [2.75, 3.05) is 12.8 Å². The van der Waals surface area contributed by atoms with Crippen LogP contribution in [0, 0.1) is 6.92 Å². The first-order valence-corrected chi connectivity index (χ1v) is 6.15. The highest BCUT2D eigenvalue weighted by molar-refractivity contribution is 6.31. The molecular weight excluding hydrogens is 262 g/mol. The zero-order valence-corrected chi connectivity index (χ0v) is 11.5. The fourth-order valence-corrected chi connectivity index (χ4v) is 1.97. The highest BCUT2D eigenvalue weighted by Gasteiger charge is 2.15. The summed E-state index contributed by atoms with van der Waals surface area (Å²) in [5.41, 5.74) is 8.30. The summed E-state index contributed by atoms with van der Waals surface area (Å²) < 4.78 is 5.19. The Kier molecular flexibility index (Phi) is 3.76. The fourth-order valence-electron chi connectivity index (χ4n) is 1.79. The maximum atomic E-state index is 12.4. The van der Waals surface area contributed by atoms with Crippen LogP contribution >= 0.6 is 11.6 Å². The predicted molar refractivity (Wildman–Crippen MR) is 77.0 cm³/mol. The number of rotatable bonds is 3. The Bertz CT molecular complexity index is 638. The molecule has 0 amide bonds. The number of hydrogen-bond acceptors (Lipinski definition) is 3. The minimum absolute atomic E-state index is 0.161. The monoisotopic (exact) mass is 275 g/mol. The molecule has 0 saturated carbocycles. The Morgan fingerprint density at radius 1 is 1.21 bits per heavy atom. The van der Waals surface area contributed by atoms with Crippen LogP contribution in [0.3, 0.4) is 0 Å². The minimum Gasteiger partial charge on any atom is -0.496 e. The number of nitrogens with two attached hydrogens (primary N) is 1. The van der Waals surface area contributed by atoms with Crippen LogP contribution in [0.15, 0.2) is 36.4 Å². The number of halogens is 1. The molecule has 0 heterocycles. The van der Waals surface area contributed by atoms with Gasteiger partial charge >= 0.3 is 0 Å². The minimum atomic E-state index is -0.161. The molecule has 19 heavy (non-hydrogen) atoms. The molecule has 0 spiro atoms. The molecule has 0 fully saturated rings. The van der Waals surface area contributed by atoms with Crippen LogP contribution in [0.2, 0.25) is 5.02 Å². The molecule has 0 radical (unpaired) electrons. The lowest BCUT2D eigenvalue weighted by atomic mass is 10.0. The molecule has 0 bridgehead atoms. The molecule has 0 saturated heterocycles. The van der Waals surface area contributed by atoms with Gasteiger partial charge in [0.15, 0.2) is 5.78 Å². The van der Waals surface area contributed by atoms with E-state index in [9.17, 15) is 4.79 Å². The SMILES string of the molecule is COc1ccc(Cl)cc1C(=O)c1ccc(C)c(N)c1. The van der Waals surface area contributed by atoms with E-state index in [2.05, 4.69) is 0 Å². The number of ether oxygens (including phenoxy) is 1. The number of aryl methyl sites for hydroxylation is 1. The van der Waals surface area contributed by atoms with Crippen molar-refractivity contribution in [3.05, 3.63) is 58.1 Å². The summed E-state index contributed by atoms with van der Waals surface area (Å²) in [4.78, 5) is 12.4. The Morgan fingerprint density at radius 3 is 2.58 bits per heavy atom. The Hall–Kier alpha value is -2.00. The summed E-state index contributed by atoms with van der Waals surface area (Å²) in [6, 6.07) is 10.2. The summed E-state index contributed by atoms with van der Waals surface area (Å²) >= 11 is 5.93. The topological polar surface area (TPSA) is 52.3 Å². The van der Waals surface area contributed by atoms with Gasteiger partial charge in [-0.25, -0.2) is 0 Å². The van der Waals surface area contributed by atoms with E-state index in [4.69, 9.17) is 22.1 Å². The van der Waals surface area contributed by atoms with Gasteiger partial charge in [0.25, 0.3) is 0 Å². The first kappa shape index (κ1) is 13.4. The van der Waals surface area contributed by atoms with Crippen LogP contribution in [0.1, 0.15) is 21.5 Å². The van der Waals surface area contributed by atoms with Crippen LogP contribution in [0.25, 0.3) is 0 Å². The normalized spacial score (nSPS) is 10.3. The number of carbonyl (C=O) groups excluding carboxylic acids is 1. The van der Waals surface area contributed by atoms with Crippen molar-refractivity contribution >= 4 is 23.1 Å². The largest absolute Gasteiger partial charge is 0.496 e. The smallest absolute Gasteiger partial charge is 0.196 e. The molecule has 4 heteroatoms. The molecule has 0 aromatic heterocycles. The Labute approximate surface area is 117 Å². The second kappa shape index (κ2) is 5.33. The third kappa shape index (κ3) is 2.71. The molecule has 2 aromatic carbocycles. The van der Waals surface area contributed by atoms with Crippen LogP contribution in [-0.4, -0.2) is 12.9 Å². The summed E-state index contributed by atoms with van der Waals surface area (Å²) in [5.74, 6) is 0.333. The van der Waals surface area contributed by atoms with Crippen molar-refractivity contribution in [2.24, 2.45) is 0 Å². The van der Waals surface area contributed by atoms with Crippen molar-refractivity contribution in [2.45, 2.75) is 6.92 Å². The van der Waals surface area contributed by atoms with Gasteiger partial charge in [-0.2, -0.15) is 0 Å². The molecule has 98 valence electrons. The molecule has 0 aliphatic heterocycles. The number of anilines is 1. The molecular formula is C15H14ClNO2. The second-order valence-corrected chi connectivity index (χ2v) is 4.68. The molecule has 0 atom stereocenters. The number of ketones is 1. The highest BCUT2D eigenvalue weighted by Crippen LogP contribution is 2.26. The lowest BCUT2D eigenvalue weighted by Crippen LogP contribution is -2.05. The number of methoxy groups -OCH3 is 1. The molecule has 0 aliphatic rings. The van der Waals surface area contributed by atoms with E-state index in [1.165, 1.54) is 7.11 Å². The summed E-state index contributed by atoms with van der Waals surface area (Å²) in [6.45, 7) is 1.89.